The molecule has 1 aromatic carbocycles. The lowest BCUT2D eigenvalue weighted by atomic mass is 10.2. The first-order valence-electron chi connectivity index (χ1n) is 5.34. The number of nitrogens with zero attached hydrogens (tertiary/aromatic N) is 1. The standard InChI is InChI=1S/C12H18ClNO2/c1-14(6-8-16-9-7-15)10-11-4-2-3-5-12(11)13/h2-5,15H,6-10H2,1H3. The normalized spacial score (nSPS) is 11.0. The highest BCUT2D eigenvalue weighted by molar-refractivity contribution is 6.31. The fourth-order valence-corrected chi connectivity index (χ4v) is 1.58. The summed E-state index contributed by atoms with van der Waals surface area (Å²) in [5.74, 6) is 0. The SMILES string of the molecule is CN(CCOCCO)Cc1ccccc1Cl. The van der Waals surface area contributed by atoms with E-state index in [1.54, 1.807) is 0 Å². The van der Waals surface area contributed by atoms with Crippen LogP contribution in [0.1, 0.15) is 5.56 Å². The molecule has 0 aliphatic carbocycles. The van der Waals surface area contributed by atoms with Gasteiger partial charge in [-0.25, -0.2) is 0 Å². The quantitative estimate of drug-likeness (QED) is 0.741. The number of rotatable bonds is 7. The highest BCUT2D eigenvalue weighted by Crippen LogP contribution is 2.16. The molecule has 1 rings (SSSR count). The molecule has 0 aromatic heterocycles. The number of hydrogen-bond donors (Lipinski definition) is 1. The van der Waals surface area contributed by atoms with Gasteiger partial charge in [-0.05, 0) is 18.7 Å². The molecular formula is C12H18ClNO2. The molecule has 1 N–H and O–H groups in total. The number of ether oxygens (including phenoxy) is 1. The summed E-state index contributed by atoms with van der Waals surface area (Å²) in [6.07, 6.45) is 0. The molecule has 3 nitrogen and oxygen atoms in total. The van der Waals surface area contributed by atoms with Crippen LogP contribution < -0.4 is 0 Å². The van der Waals surface area contributed by atoms with Crippen LogP contribution in [0.3, 0.4) is 0 Å². The number of likely N-dealkylation sites (N-methyl/N-ethyl adjacent to an activating group) is 1. The Hall–Kier alpha value is -0.610. The summed E-state index contributed by atoms with van der Waals surface area (Å²) in [6, 6.07) is 7.83. The molecule has 0 aliphatic heterocycles. The number of hydrogen-bond acceptors (Lipinski definition) is 3. The summed E-state index contributed by atoms with van der Waals surface area (Å²) >= 11 is 6.06. The van der Waals surface area contributed by atoms with Crippen molar-refractivity contribution in [1.82, 2.24) is 4.90 Å². The Morgan fingerprint density at radius 1 is 1.31 bits per heavy atom. The second-order valence-corrected chi connectivity index (χ2v) is 4.07. The average Bonchev–Trinajstić information content (AvgIpc) is 2.28. The van der Waals surface area contributed by atoms with E-state index in [0.717, 1.165) is 23.7 Å². The fourth-order valence-electron chi connectivity index (χ4n) is 1.38. The van der Waals surface area contributed by atoms with E-state index in [-0.39, 0.29) is 6.61 Å². The third kappa shape index (κ3) is 4.94. The van der Waals surface area contributed by atoms with E-state index in [9.17, 15) is 0 Å². The summed E-state index contributed by atoms with van der Waals surface area (Å²) in [5.41, 5.74) is 1.12. The third-order valence-corrected chi connectivity index (χ3v) is 2.62. The second kappa shape index (κ2) is 7.63. The summed E-state index contributed by atoms with van der Waals surface area (Å²) < 4.78 is 5.20. The Balaban J connectivity index is 2.28. The molecule has 0 saturated heterocycles. The maximum absolute atomic E-state index is 8.55. The van der Waals surface area contributed by atoms with Crippen LogP contribution in [0, 0.1) is 0 Å². The predicted molar refractivity (Wildman–Crippen MR) is 65.7 cm³/mol. The van der Waals surface area contributed by atoms with Crippen molar-refractivity contribution >= 4 is 11.6 Å². The van der Waals surface area contributed by atoms with Crippen molar-refractivity contribution in [2.45, 2.75) is 6.54 Å². The lowest BCUT2D eigenvalue weighted by Gasteiger charge is -2.17. The lowest BCUT2D eigenvalue weighted by Crippen LogP contribution is -2.23. The number of aliphatic hydroxyl groups excluding tert-OH is 1. The molecule has 0 saturated carbocycles. The van der Waals surface area contributed by atoms with Gasteiger partial charge in [0.2, 0.25) is 0 Å². The molecule has 4 heteroatoms. The van der Waals surface area contributed by atoms with Gasteiger partial charge < -0.3 is 9.84 Å². The van der Waals surface area contributed by atoms with E-state index in [0.29, 0.717) is 13.2 Å². The molecule has 0 bridgehead atoms. The lowest BCUT2D eigenvalue weighted by molar-refractivity contribution is 0.0773. The van der Waals surface area contributed by atoms with Gasteiger partial charge >= 0.3 is 0 Å². The number of halogens is 1. The molecule has 0 fully saturated rings. The van der Waals surface area contributed by atoms with Gasteiger partial charge in [0, 0.05) is 18.1 Å². The van der Waals surface area contributed by atoms with Crippen LogP contribution in [0.5, 0.6) is 0 Å². The molecule has 16 heavy (non-hydrogen) atoms. The molecule has 0 spiro atoms. The van der Waals surface area contributed by atoms with Crippen LogP contribution in [-0.4, -0.2) is 43.4 Å². The van der Waals surface area contributed by atoms with Gasteiger partial charge in [-0.15, -0.1) is 0 Å². The highest BCUT2D eigenvalue weighted by Gasteiger charge is 2.03. The van der Waals surface area contributed by atoms with Crippen LogP contribution in [0.4, 0.5) is 0 Å². The minimum absolute atomic E-state index is 0.0776. The molecule has 0 amide bonds. The van der Waals surface area contributed by atoms with Gasteiger partial charge in [-0.1, -0.05) is 29.8 Å². The Morgan fingerprint density at radius 3 is 2.75 bits per heavy atom. The van der Waals surface area contributed by atoms with Gasteiger partial charge in [-0.3, -0.25) is 4.90 Å². The van der Waals surface area contributed by atoms with E-state index < -0.39 is 0 Å². The first-order valence-corrected chi connectivity index (χ1v) is 5.72. The van der Waals surface area contributed by atoms with Crippen molar-refractivity contribution in [2.24, 2.45) is 0 Å². The van der Waals surface area contributed by atoms with Gasteiger partial charge in [0.05, 0.1) is 19.8 Å². The van der Waals surface area contributed by atoms with Crippen LogP contribution in [0.2, 0.25) is 5.02 Å². The van der Waals surface area contributed by atoms with Crippen molar-refractivity contribution in [1.29, 1.82) is 0 Å². The van der Waals surface area contributed by atoms with Crippen molar-refractivity contribution in [3.05, 3.63) is 34.9 Å². The largest absolute Gasteiger partial charge is 0.394 e. The van der Waals surface area contributed by atoms with E-state index in [1.165, 1.54) is 0 Å². The van der Waals surface area contributed by atoms with Crippen LogP contribution in [-0.2, 0) is 11.3 Å². The Morgan fingerprint density at radius 2 is 2.06 bits per heavy atom. The van der Waals surface area contributed by atoms with Crippen LogP contribution in [0.15, 0.2) is 24.3 Å². The zero-order chi connectivity index (χ0) is 11.8. The summed E-state index contributed by atoms with van der Waals surface area (Å²) in [6.45, 7) is 2.74. The number of aliphatic hydroxyl groups is 1. The maximum atomic E-state index is 8.55. The monoisotopic (exact) mass is 243 g/mol. The second-order valence-electron chi connectivity index (χ2n) is 3.67. The molecule has 0 aliphatic rings. The number of benzene rings is 1. The summed E-state index contributed by atoms with van der Waals surface area (Å²) in [7, 11) is 2.02. The molecule has 0 unspecified atom stereocenters. The van der Waals surface area contributed by atoms with Crippen molar-refractivity contribution in [3.8, 4) is 0 Å². The molecule has 0 heterocycles. The summed E-state index contributed by atoms with van der Waals surface area (Å²) in [5, 5.41) is 9.34. The van der Waals surface area contributed by atoms with Crippen molar-refractivity contribution in [3.63, 3.8) is 0 Å². The maximum Gasteiger partial charge on any atom is 0.0698 e. The molecule has 0 atom stereocenters. The minimum Gasteiger partial charge on any atom is -0.394 e. The fraction of sp³-hybridized carbons (Fsp3) is 0.500. The zero-order valence-electron chi connectivity index (χ0n) is 9.53. The molecule has 0 radical (unpaired) electrons. The topological polar surface area (TPSA) is 32.7 Å². The molecule has 90 valence electrons. The highest BCUT2D eigenvalue weighted by atomic mass is 35.5. The first kappa shape index (κ1) is 13.5. The Bertz CT molecular complexity index is 307. The van der Waals surface area contributed by atoms with E-state index >= 15 is 0 Å². The van der Waals surface area contributed by atoms with E-state index in [4.69, 9.17) is 21.4 Å². The average molecular weight is 244 g/mol. The van der Waals surface area contributed by atoms with Gasteiger partial charge in [0.25, 0.3) is 0 Å². The molecule has 1 aromatic rings. The van der Waals surface area contributed by atoms with Crippen LogP contribution in [0.25, 0.3) is 0 Å². The van der Waals surface area contributed by atoms with Crippen molar-refractivity contribution in [2.75, 3.05) is 33.4 Å². The Kier molecular flexibility index (Phi) is 6.42. The van der Waals surface area contributed by atoms with Gasteiger partial charge in [0.1, 0.15) is 0 Å². The first-order chi connectivity index (χ1) is 7.74. The minimum atomic E-state index is 0.0776. The molecular weight excluding hydrogens is 226 g/mol. The smallest absolute Gasteiger partial charge is 0.0698 e. The van der Waals surface area contributed by atoms with E-state index in [2.05, 4.69) is 4.90 Å². The Labute approximate surface area is 102 Å². The van der Waals surface area contributed by atoms with Gasteiger partial charge in [-0.2, -0.15) is 0 Å². The zero-order valence-corrected chi connectivity index (χ0v) is 10.3. The third-order valence-electron chi connectivity index (χ3n) is 2.25. The van der Waals surface area contributed by atoms with Gasteiger partial charge in [0.15, 0.2) is 0 Å². The van der Waals surface area contributed by atoms with Crippen LogP contribution >= 0.6 is 11.6 Å². The van der Waals surface area contributed by atoms with Crippen molar-refractivity contribution < 1.29 is 9.84 Å². The summed E-state index contributed by atoms with van der Waals surface area (Å²) in [4.78, 5) is 2.14. The predicted octanol–water partition coefficient (Wildman–Crippen LogP) is 1.78. The van der Waals surface area contributed by atoms with E-state index in [1.807, 2.05) is 31.3 Å².